The Morgan fingerprint density at radius 1 is 0.917 bits per heavy atom. The first kappa shape index (κ1) is 22.4. The number of ketones is 2. The van der Waals surface area contributed by atoms with E-state index >= 15 is 0 Å². The van der Waals surface area contributed by atoms with E-state index in [1.165, 1.54) is 30.3 Å². The van der Waals surface area contributed by atoms with Crippen LogP contribution in [-0.2, 0) is 0 Å². The summed E-state index contributed by atoms with van der Waals surface area (Å²) in [6, 6.07) is 20.3. The van der Waals surface area contributed by atoms with Crippen LogP contribution < -0.4 is 11.1 Å². The highest BCUT2D eigenvalue weighted by Gasteiger charge is 2.33. The molecule has 0 saturated carbocycles. The van der Waals surface area contributed by atoms with Gasteiger partial charge in [0.1, 0.15) is 17.5 Å². The van der Waals surface area contributed by atoms with Crippen LogP contribution in [0.1, 0.15) is 43.0 Å². The molecular formula is C27H18N6O3. The number of nitrogens with two attached hydrogens (primary N) is 1. The number of nitrogens with one attached hydrogen (secondary N) is 1. The van der Waals surface area contributed by atoms with Crippen LogP contribution in [-0.4, -0.2) is 21.7 Å². The van der Waals surface area contributed by atoms with Crippen molar-refractivity contribution in [2.75, 3.05) is 11.1 Å². The van der Waals surface area contributed by atoms with Gasteiger partial charge in [-0.3, -0.25) is 9.59 Å². The summed E-state index contributed by atoms with van der Waals surface area (Å²) in [4.78, 5) is 30.6. The smallest absolute Gasteiger partial charge is 0.200 e. The summed E-state index contributed by atoms with van der Waals surface area (Å²) in [6.45, 7) is 1.67. The lowest BCUT2D eigenvalue weighted by atomic mass is 9.83. The second kappa shape index (κ2) is 8.77. The summed E-state index contributed by atoms with van der Waals surface area (Å²) in [6.07, 6.45) is 0. The molecule has 0 bridgehead atoms. The predicted octanol–water partition coefficient (Wildman–Crippen LogP) is 5.48. The van der Waals surface area contributed by atoms with E-state index in [0.29, 0.717) is 5.56 Å². The van der Waals surface area contributed by atoms with E-state index in [2.05, 4.69) is 26.6 Å². The van der Waals surface area contributed by atoms with Gasteiger partial charge >= 0.3 is 0 Å². The van der Waals surface area contributed by atoms with Crippen LogP contribution >= 0.6 is 0 Å². The van der Waals surface area contributed by atoms with Gasteiger partial charge in [-0.1, -0.05) is 42.5 Å². The molecule has 0 radical (unpaired) electrons. The molecule has 1 heterocycles. The zero-order valence-corrected chi connectivity index (χ0v) is 19.0. The zero-order chi connectivity index (χ0) is 25.4. The molecule has 0 atom stereocenters. The monoisotopic (exact) mass is 474 g/mol. The lowest BCUT2D eigenvalue weighted by Gasteiger charge is -2.19. The van der Waals surface area contributed by atoms with Gasteiger partial charge in [-0.15, -0.1) is 10.2 Å². The molecule has 5 rings (SSSR count). The molecule has 1 aromatic heterocycles. The molecule has 4 aromatic rings. The van der Waals surface area contributed by atoms with E-state index < -0.39 is 11.6 Å². The van der Waals surface area contributed by atoms with Crippen LogP contribution in [0.3, 0.4) is 0 Å². The fourth-order valence-electron chi connectivity index (χ4n) is 4.12. The number of phenols is 1. The van der Waals surface area contributed by atoms with Crippen LogP contribution in [0.4, 0.5) is 28.7 Å². The molecule has 3 aromatic carbocycles. The Kier molecular flexibility index (Phi) is 5.47. The Balaban J connectivity index is 1.57. The van der Waals surface area contributed by atoms with E-state index in [0.717, 1.165) is 5.69 Å². The van der Waals surface area contributed by atoms with Crippen molar-refractivity contribution in [2.24, 2.45) is 10.2 Å². The van der Waals surface area contributed by atoms with Crippen LogP contribution in [0.5, 0.6) is 5.75 Å². The van der Waals surface area contributed by atoms with E-state index in [1.807, 2.05) is 30.3 Å². The third-order valence-electron chi connectivity index (χ3n) is 5.88. The number of phenolic OH excluding ortho intramolecular Hbond substituents is 1. The van der Waals surface area contributed by atoms with Gasteiger partial charge in [0.2, 0.25) is 0 Å². The predicted molar refractivity (Wildman–Crippen MR) is 133 cm³/mol. The quantitative estimate of drug-likeness (QED) is 0.291. The SMILES string of the molecule is Cc1c(C#N)c(Nc2ccccc2)nc(N)c1N=Nc1cccc2c1C(=O)c1c(O)cccc1C2=O. The lowest BCUT2D eigenvalue weighted by molar-refractivity contribution is 0.0977. The van der Waals surface area contributed by atoms with E-state index in [9.17, 15) is 20.0 Å². The molecule has 0 fully saturated rings. The summed E-state index contributed by atoms with van der Waals surface area (Å²) in [5.41, 5.74) is 8.14. The van der Waals surface area contributed by atoms with Gasteiger partial charge in [0.05, 0.1) is 22.4 Å². The van der Waals surface area contributed by atoms with E-state index in [4.69, 9.17) is 5.73 Å². The molecular weight excluding hydrogens is 456 g/mol. The third-order valence-corrected chi connectivity index (χ3v) is 5.88. The largest absolute Gasteiger partial charge is 0.507 e. The van der Waals surface area contributed by atoms with Crippen molar-refractivity contribution in [3.8, 4) is 11.8 Å². The van der Waals surface area contributed by atoms with E-state index in [-0.39, 0.29) is 56.6 Å². The van der Waals surface area contributed by atoms with Crippen molar-refractivity contribution in [1.82, 2.24) is 4.98 Å². The Morgan fingerprint density at radius 3 is 2.33 bits per heavy atom. The maximum absolute atomic E-state index is 13.3. The highest BCUT2D eigenvalue weighted by atomic mass is 16.3. The van der Waals surface area contributed by atoms with Crippen molar-refractivity contribution in [2.45, 2.75) is 6.92 Å². The molecule has 0 spiro atoms. The van der Waals surface area contributed by atoms with Gasteiger partial charge < -0.3 is 16.2 Å². The van der Waals surface area contributed by atoms with Gasteiger partial charge in [-0.25, -0.2) is 4.98 Å². The first-order valence-electron chi connectivity index (χ1n) is 10.9. The van der Waals surface area contributed by atoms with Crippen LogP contribution in [0.2, 0.25) is 0 Å². The van der Waals surface area contributed by atoms with Gasteiger partial charge in [0.15, 0.2) is 23.2 Å². The molecule has 0 aliphatic heterocycles. The Labute approximate surface area is 205 Å². The molecule has 9 nitrogen and oxygen atoms in total. The minimum absolute atomic E-state index is 0.0314. The fraction of sp³-hybridized carbons (Fsp3) is 0.0370. The van der Waals surface area contributed by atoms with Crippen LogP contribution in [0.25, 0.3) is 0 Å². The molecule has 0 unspecified atom stereocenters. The minimum Gasteiger partial charge on any atom is -0.507 e. The summed E-state index contributed by atoms with van der Waals surface area (Å²) in [5.74, 6) is -0.901. The number of rotatable bonds is 4. The highest BCUT2D eigenvalue weighted by molar-refractivity contribution is 6.30. The van der Waals surface area contributed by atoms with Crippen LogP contribution in [0.15, 0.2) is 77.0 Å². The summed E-state index contributed by atoms with van der Waals surface area (Å²) in [7, 11) is 0. The van der Waals surface area contributed by atoms with Crippen molar-refractivity contribution in [3.05, 3.63) is 100 Å². The number of anilines is 3. The number of nitrogen functional groups attached to an aromatic ring is 1. The number of carbonyl (C=O) groups is 2. The molecule has 174 valence electrons. The average molecular weight is 474 g/mol. The summed E-state index contributed by atoms with van der Waals surface area (Å²) >= 11 is 0. The second-order valence-electron chi connectivity index (χ2n) is 8.05. The van der Waals surface area contributed by atoms with Gasteiger partial charge in [0.25, 0.3) is 0 Å². The number of hydrogen-bond donors (Lipinski definition) is 3. The lowest BCUT2D eigenvalue weighted by Crippen LogP contribution is -2.21. The number of aromatic nitrogens is 1. The number of para-hydroxylation sites is 1. The minimum atomic E-state index is -0.532. The zero-order valence-electron chi connectivity index (χ0n) is 19.0. The number of carbonyl (C=O) groups excluding carboxylic acids is 2. The Hall–Kier alpha value is -5.36. The second-order valence-corrected chi connectivity index (χ2v) is 8.05. The van der Waals surface area contributed by atoms with Crippen molar-refractivity contribution in [3.63, 3.8) is 0 Å². The summed E-state index contributed by atoms with van der Waals surface area (Å²) in [5, 5.41) is 31.5. The van der Waals surface area contributed by atoms with Crippen LogP contribution in [0, 0.1) is 18.3 Å². The Morgan fingerprint density at radius 2 is 1.61 bits per heavy atom. The third kappa shape index (κ3) is 3.63. The first-order valence-corrected chi connectivity index (χ1v) is 10.9. The number of pyridine rings is 1. The first-order chi connectivity index (χ1) is 17.4. The molecule has 0 saturated heterocycles. The van der Waals surface area contributed by atoms with Gasteiger partial charge in [-0.05, 0) is 31.2 Å². The van der Waals surface area contributed by atoms with Crippen molar-refractivity contribution >= 4 is 40.3 Å². The highest BCUT2D eigenvalue weighted by Crippen LogP contribution is 2.39. The fourth-order valence-corrected chi connectivity index (χ4v) is 4.12. The topological polar surface area (TPSA) is 154 Å². The number of aromatic hydroxyl groups is 1. The average Bonchev–Trinajstić information content (AvgIpc) is 2.87. The molecule has 1 aliphatic rings. The molecule has 9 heteroatoms. The summed E-state index contributed by atoms with van der Waals surface area (Å²) < 4.78 is 0. The van der Waals surface area contributed by atoms with Gasteiger partial charge in [0, 0.05) is 22.4 Å². The van der Waals surface area contributed by atoms with Crippen molar-refractivity contribution < 1.29 is 14.7 Å². The van der Waals surface area contributed by atoms with Gasteiger partial charge in [-0.2, -0.15) is 5.26 Å². The maximum atomic E-state index is 13.3. The maximum Gasteiger partial charge on any atom is 0.200 e. The number of hydrogen-bond acceptors (Lipinski definition) is 9. The Bertz CT molecular complexity index is 1640. The number of fused-ring (bicyclic) bond motifs is 2. The van der Waals surface area contributed by atoms with E-state index in [1.54, 1.807) is 13.0 Å². The number of nitriles is 1. The number of benzene rings is 3. The molecule has 1 aliphatic carbocycles. The molecule has 4 N–H and O–H groups in total. The normalized spacial score (nSPS) is 12.2. The molecule has 36 heavy (non-hydrogen) atoms. The standard InChI is InChI=1S/C27H18N6O3/c1-14-18(13-28)27(30-15-7-3-2-4-8-15)31-26(29)23(14)33-32-19-11-5-9-16-21(19)25(36)22-17(24(16)35)10-6-12-20(22)34/h2-12,34H,1H3,(H3,29,30,31). The number of nitrogens with zero attached hydrogens (tertiary/aromatic N) is 4. The molecule has 0 amide bonds. The van der Waals surface area contributed by atoms with Crippen molar-refractivity contribution in [1.29, 1.82) is 5.26 Å². The number of azo groups is 1.